The standard InChI is InChI=1S/C22H17N5O2/c28-22-20-14-19(26-27(20)13-12-24-22)18-10-11-23-21(25-18)15-6-8-17(9-7-15)29-16-4-2-1-3-5-16/h1-11,14H,12-13H2,(H,24,28). The van der Waals surface area contributed by atoms with Crippen LogP contribution in [0.25, 0.3) is 22.8 Å². The first-order valence-corrected chi connectivity index (χ1v) is 9.29. The Morgan fingerprint density at radius 3 is 2.52 bits per heavy atom. The van der Waals surface area contributed by atoms with Gasteiger partial charge in [0.25, 0.3) is 5.91 Å². The number of nitrogens with one attached hydrogen (secondary N) is 1. The van der Waals surface area contributed by atoms with Crippen LogP contribution in [-0.2, 0) is 6.54 Å². The van der Waals surface area contributed by atoms with E-state index in [1.807, 2.05) is 54.6 Å². The Balaban J connectivity index is 1.40. The molecule has 2 aromatic carbocycles. The van der Waals surface area contributed by atoms with Crippen molar-refractivity contribution in [1.29, 1.82) is 0 Å². The molecule has 0 unspecified atom stereocenters. The third kappa shape index (κ3) is 3.45. The topological polar surface area (TPSA) is 81.9 Å². The maximum Gasteiger partial charge on any atom is 0.269 e. The number of carbonyl (C=O) groups excluding carboxylic acids is 1. The zero-order chi connectivity index (χ0) is 19.6. The van der Waals surface area contributed by atoms with Gasteiger partial charge >= 0.3 is 0 Å². The van der Waals surface area contributed by atoms with Crippen molar-refractivity contribution in [3.63, 3.8) is 0 Å². The number of carbonyl (C=O) groups is 1. The van der Waals surface area contributed by atoms with E-state index in [2.05, 4.69) is 20.4 Å². The predicted molar refractivity (Wildman–Crippen MR) is 108 cm³/mol. The van der Waals surface area contributed by atoms with Gasteiger partial charge in [0.05, 0.1) is 12.2 Å². The smallest absolute Gasteiger partial charge is 0.269 e. The van der Waals surface area contributed by atoms with Crippen LogP contribution >= 0.6 is 0 Å². The highest BCUT2D eigenvalue weighted by atomic mass is 16.5. The lowest BCUT2D eigenvalue weighted by molar-refractivity contribution is 0.0924. The summed E-state index contributed by atoms with van der Waals surface area (Å²) in [4.78, 5) is 21.0. The zero-order valence-corrected chi connectivity index (χ0v) is 15.4. The molecule has 0 fully saturated rings. The first-order chi connectivity index (χ1) is 14.3. The van der Waals surface area contributed by atoms with E-state index < -0.39 is 0 Å². The molecule has 0 radical (unpaired) electrons. The number of rotatable bonds is 4. The first kappa shape index (κ1) is 17.1. The van der Waals surface area contributed by atoms with Gasteiger partial charge in [0.2, 0.25) is 0 Å². The van der Waals surface area contributed by atoms with Crippen LogP contribution in [0.15, 0.2) is 72.9 Å². The van der Waals surface area contributed by atoms with Crippen LogP contribution in [0.2, 0.25) is 0 Å². The van der Waals surface area contributed by atoms with Gasteiger partial charge in [-0.1, -0.05) is 18.2 Å². The van der Waals surface area contributed by atoms with Crippen molar-refractivity contribution in [3.8, 4) is 34.3 Å². The van der Waals surface area contributed by atoms with Crippen molar-refractivity contribution in [1.82, 2.24) is 25.1 Å². The molecule has 1 amide bonds. The third-order valence-corrected chi connectivity index (χ3v) is 4.63. The van der Waals surface area contributed by atoms with Crippen molar-refractivity contribution >= 4 is 5.91 Å². The van der Waals surface area contributed by atoms with E-state index in [4.69, 9.17) is 4.74 Å². The number of hydrogen-bond donors (Lipinski definition) is 1. The number of hydrogen-bond acceptors (Lipinski definition) is 5. The number of nitrogens with zero attached hydrogens (tertiary/aromatic N) is 4. The summed E-state index contributed by atoms with van der Waals surface area (Å²) in [5.41, 5.74) is 2.75. The lowest BCUT2D eigenvalue weighted by Crippen LogP contribution is -2.35. The van der Waals surface area contributed by atoms with Crippen molar-refractivity contribution in [2.45, 2.75) is 6.54 Å². The van der Waals surface area contributed by atoms with E-state index in [-0.39, 0.29) is 5.91 Å². The molecule has 5 rings (SSSR count). The maximum absolute atomic E-state index is 12.0. The van der Waals surface area contributed by atoms with Crippen LogP contribution in [0.5, 0.6) is 11.5 Å². The molecule has 3 heterocycles. The summed E-state index contributed by atoms with van der Waals surface area (Å²) in [6.45, 7) is 1.24. The minimum absolute atomic E-state index is 0.113. The number of para-hydroxylation sites is 1. The van der Waals surface area contributed by atoms with Crippen LogP contribution in [0, 0.1) is 0 Å². The average molecular weight is 383 g/mol. The van der Waals surface area contributed by atoms with E-state index in [1.165, 1.54) is 0 Å². The number of benzene rings is 2. The highest BCUT2D eigenvalue weighted by Crippen LogP contribution is 2.25. The molecule has 0 saturated heterocycles. The molecule has 1 aliphatic heterocycles. The second-order valence-corrected chi connectivity index (χ2v) is 6.60. The van der Waals surface area contributed by atoms with Gasteiger partial charge in [0.15, 0.2) is 5.82 Å². The Kier molecular flexibility index (Phi) is 4.25. The lowest BCUT2D eigenvalue weighted by atomic mass is 10.2. The molecule has 1 aliphatic rings. The van der Waals surface area contributed by atoms with Gasteiger partial charge in [0.1, 0.15) is 22.9 Å². The normalized spacial score (nSPS) is 12.9. The van der Waals surface area contributed by atoms with Crippen molar-refractivity contribution in [3.05, 3.63) is 78.6 Å². The second kappa shape index (κ2) is 7.20. The fraction of sp³-hybridized carbons (Fsp3) is 0.0909. The minimum Gasteiger partial charge on any atom is -0.457 e. The monoisotopic (exact) mass is 383 g/mol. The average Bonchev–Trinajstić information content (AvgIpc) is 3.21. The minimum atomic E-state index is -0.113. The van der Waals surface area contributed by atoms with Gasteiger partial charge in [-0.15, -0.1) is 0 Å². The molecule has 29 heavy (non-hydrogen) atoms. The van der Waals surface area contributed by atoms with E-state index in [0.29, 0.717) is 36.0 Å². The quantitative estimate of drug-likeness (QED) is 0.583. The molecule has 0 aliphatic carbocycles. The molecular formula is C22H17N5O2. The van der Waals surface area contributed by atoms with Gasteiger partial charge < -0.3 is 10.1 Å². The van der Waals surface area contributed by atoms with Crippen molar-refractivity contribution in [2.24, 2.45) is 0 Å². The third-order valence-electron chi connectivity index (χ3n) is 4.63. The summed E-state index contributed by atoms with van der Waals surface area (Å²) >= 11 is 0. The van der Waals surface area contributed by atoms with Gasteiger partial charge in [-0.05, 0) is 48.5 Å². The number of ether oxygens (including phenoxy) is 1. The maximum atomic E-state index is 12.0. The Morgan fingerprint density at radius 2 is 1.72 bits per heavy atom. The summed E-state index contributed by atoms with van der Waals surface area (Å²) in [6.07, 6.45) is 1.70. The summed E-state index contributed by atoms with van der Waals surface area (Å²) < 4.78 is 7.54. The molecule has 0 atom stereocenters. The number of aromatic nitrogens is 4. The van der Waals surface area contributed by atoms with Crippen LogP contribution in [0.1, 0.15) is 10.5 Å². The molecule has 7 nitrogen and oxygen atoms in total. The molecule has 4 aromatic rings. The molecule has 0 spiro atoms. The van der Waals surface area contributed by atoms with Crippen molar-refractivity contribution in [2.75, 3.05) is 6.54 Å². The van der Waals surface area contributed by atoms with Gasteiger partial charge in [0, 0.05) is 18.3 Å². The van der Waals surface area contributed by atoms with Gasteiger partial charge in [-0.2, -0.15) is 5.10 Å². The molecular weight excluding hydrogens is 366 g/mol. The Labute approximate surface area is 167 Å². The van der Waals surface area contributed by atoms with E-state index >= 15 is 0 Å². The largest absolute Gasteiger partial charge is 0.457 e. The summed E-state index contributed by atoms with van der Waals surface area (Å²) in [5.74, 6) is 2.00. The number of amides is 1. The molecule has 0 bridgehead atoms. The fourth-order valence-corrected chi connectivity index (χ4v) is 3.20. The summed E-state index contributed by atoms with van der Waals surface area (Å²) in [7, 11) is 0. The zero-order valence-electron chi connectivity index (χ0n) is 15.4. The van der Waals surface area contributed by atoms with E-state index in [9.17, 15) is 4.79 Å². The van der Waals surface area contributed by atoms with Crippen LogP contribution in [-0.4, -0.2) is 32.2 Å². The molecule has 7 heteroatoms. The number of fused-ring (bicyclic) bond motifs is 1. The fourth-order valence-electron chi connectivity index (χ4n) is 3.20. The Bertz CT molecular complexity index is 1170. The Hall–Kier alpha value is -4.00. The van der Waals surface area contributed by atoms with Crippen LogP contribution in [0.4, 0.5) is 0 Å². The molecule has 0 saturated carbocycles. The molecule has 142 valence electrons. The highest BCUT2D eigenvalue weighted by molar-refractivity contribution is 5.94. The lowest BCUT2D eigenvalue weighted by Gasteiger charge is -2.13. The van der Waals surface area contributed by atoms with E-state index in [0.717, 1.165) is 17.1 Å². The van der Waals surface area contributed by atoms with Crippen LogP contribution in [0.3, 0.4) is 0 Å². The van der Waals surface area contributed by atoms with Crippen LogP contribution < -0.4 is 10.1 Å². The molecule has 2 aromatic heterocycles. The predicted octanol–water partition coefficient (Wildman–Crippen LogP) is 3.54. The molecule has 1 N–H and O–H groups in total. The van der Waals surface area contributed by atoms with Gasteiger partial charge in [-0.25, -0.2) is 9.97 Å². The highest BCUT2D eigenvalue weighted by Gasteiger charge is 2.20. The SMILES string of the molecule is O=C1NCCn2nc(-c3ccnc(-c4ccc(Oc5ccccc5)cc4)n3)cc21. The van der Waals surface area contributed by atoms with E-state index in [1.54, 1.807) is 23.0 Å². The summed E-state index contributed by atoms with van der Waals surface area (Å²) in [5, 5.41) is 7.33. The Morgan fingerprint density at radius 1 is 0.931 bits per heavy atom. The van der Waals surface area contributed by atoms with Crippen molar-refractivity contribution < 1.29 is 9.53 Å². The summed E-state index contributed by atoms with van der Waals surface area (Å²) in [6, 6.07) is 20.8. The second-order valence-electron chi connectivity index (χ2n) is 6.60. The first-order valence-electron chi connectivity index (χ1n) is 9.29. The van der Waals surface area contributed by atoms with Gasteiger partial charge in [-0.3, -0.25) is 9.48 Å².